The number of carbonyl (C=O) groups excluding carboxylic acids is 1. The predicted octanol–water partition coefficient (Wildman–Crippen LogP) is 0.614. The second-order valence-electron chi connectivity index (χ2n) is 3.86. The molecule has 0 aromatic carbocycles. The molecule has 0 saturated carbocycles. The maximum absolute atomic E-state index is 11.3. The van der Waals surface area contributed by atoms with E-state index in [1.165, 1.54) is 4.80 Å². The number of rotatable bonds is 4. The Kier molecular flexibility index (Phi) is 3.33. The van der Waals surface area contributed by atoms with Gasteiger partial charge in [-0.25, -0.2) is 0 Å². The van der Waals surface area contributed by atoms with E-state index in [0.29, 0.717) is 18.2 Å². The Hall–Kier alpha value is -1.26. The zero-order valence-electron chi connectivity index (χ0n) is 9.06. The van der Waals surface area contributed by atoms with Crippen LogP contribution in [0.5, 0.6) is 0 Å². The number of hydrogen-bond acceptors (Lipinski definition) is 4. The molecule has 1 aromatic rings. The van der Waals surface area contributed by atoms with Crippen LogP contribution in [-0.2, 0) is 18.3 Å². The fourth-order valence-electron chi connectivity index (χ4n) is 1.45. The highest BCUT2D eigenvalue weighted by atomic mass is 16.1. The number of tetrazole rings is 1. The lowest BCUT2D eigenvalue weighted by Crippen LogP contribution is -2.20. The Morgan fingerprint density at radius 2 is 2.14 bits per heavy atom. The molecule has 0 bridgehead atoms. The van der Waals surface area contributed by atoms with Crippen LogP contribution in [0.1, 0.15) is 26.6 Å². The van der Waals surface area contributed by atoms with E-state index in [0.717, 1.165) is 0 Å². The van der Waals surface area contributed by atoms with E-state index >= 15 is 0 Å². The van der Waals surface area contributed by atoms with Crippen LogP contribution in [0.2, 0.25) is 0 Å². The molecule has 1 unspecified atom stereocenters. The molecule has 0 fully saturated rings. The second-order valence-corrected chi connectivity index (χ2v) is 3.86. The molecule has 1 aromatic heterocycles. The van der Waals surface area contributed by atoms with Crippen molar-refractivity contribution in [1.82, 2.24) is 20.2 Å². The van der Waals surface area contributed by atoms with Crippen LogP contribution in [0, 0.1) is 11.8 Å². The van der Waals surface area contributed by atoms with Crippen molar-refractivity contribution in [1.29, 1.82) is 0 Å². The van der Waals surface area contributed by atoms with Gasteiger partial charge in [0.2, 0.25) is 0 Å². The molecule has 1 heterocycles. The highest BCUT2D eigenvalue weighted by Gasteiger charge is 2.20. The number of hydrogen-bond donors (Lipinski definition) is 0. The SMILES string of the molecule is CC(=O)C(Cc1nnn(C)n1)C(C)C. The summed E-state index contributed by atoms with van der Waals surface area (Å²) in [5, 5.41) is 11.7. The number of aryl methyl sites for hydroxylation is 1. The lowest BCUT2D eigenvalue weighted by atomic mass is 9.89. The van der Waals surface area contributed by atoms with Crippen molar-refractivity contribution >= 4 is 5.78 Å². The number of ketones is 1. The summed E-state index contributed by atoms with van der Waals surface area (Å²) in [6.45, 7) is 5.67. The summed E-state index contributed by atoms with van der Waals surface area (Å²) < 4.78 is 0. The van der Waals surface area contributed by atoms with Gasteiger partial charge in [-0.05, 0) is 18.1 Å². The monoisotopic (exact) mass is 196 g/mol. The third kappa shape index (κ3) is 2.61. The molecule has 5 nitrogen and oxygen atoms in total. The number of aromatic nitrogens is 4. The lowest BCUT2D eigenvalue weighted by Gasteiger charge is -2.15. The first-order valence-corrected chi connectivity index (χ1v) is 4.74. The van der Waals surface area contributed by atoms with Crippen molar-refractivity contribution in [2.75, 3.05) is 0 Å². The van der Waals surface area contributed by atoms with Crippen molar-refractivity contribution in [3.63, 3.8) is 0 Å². The molecular weight excluding hydrogens is 180 g/mol. The molecule has 0 aliphatic heterocycles. The van der Waals surface area contributed by atoms with Crippen molar-refractivity contribution in [3.05, 3.63) is 5.82 Å². The highest BCUT2D eigenvalue weighted by Crippen LogP contribution is 2.15. The fraction of sp³-hybridized carbons (Fsp3) is 0.778. The summed E-state index contributed by atoms with van der Waals surface area (Å²) in [6, 6.07) is 0. The molecule has 78 valence electrons. The zero-order chi connectivity index (χ0) is 10.7. The van der Waals surface area contributed by atoms with E-state index in [4.69, 9.17) is 0 Å². The predicted molar refractivity (Wildman–Crippen MR) is 51.5 cm³/mol. The smallest absolute Gasteiger partial charge is 0.175 e. The van der Waals surface area contributed by atoms with Gasteiger partial charge in [-0.2, -0.15) is 4.80 Å². The van der Waals surface area contributed by atoms with Gasteiger partial charge in [-0.1, -0.05) is 13.8 Å². The molecule has 0 spiro atoms. The van der Waals surface area contributed by atoms with E-state index in [-0.39, 0.29) is 11.7 Å². The Balaban J connectivity index is 2.69. The van der Waals surface area contributed by atoms with E-state index < -0.39 is 0 Å². The normalized spacial score (nSPS) is 13.2. The van der Waals surface area contributed by atoms with E-state index in [9.17, 15) is 4.79 Å². The number of Topliss-reactive ketones (excluding diaryl/α,β-unsaturated/α-hetero) is 1. The second kappa shape index (κ2) is 4.30. The molecule has 14 heavy (non-hydrogen) atoms. The van der Waals surface area contributed by atoms with E-state index in [1.54, 1.807) is 14.0 Å². The third-order valence-electron chi connectivity index (χ3n) is 2.28. The Morgan fingerprint density at radius 1 is 1.50 bits per heavy atom. The molecule has 0 N–H and O–H groups in total. The first-order chi connectivity index (χ1) is 6.50. The zero-order valence-corrected chi connectivity index (χ0v) is 9.06. The summed E-state index contributed by atoms with van der Waals surface area (Å²) in [5.41, 5.74) is 0. The Morgan fingerprint density at radius 3 is 2.50 bits per heavy atom. The van der Waals surface area contributed by atoms with E-state index in [2.05, 4.69) is 15.4 Å². The number of nitrogens with zero attached hydrogens (tertiary/aromatic N) is 4. The van der Waals surface area contributed by atoms with Gasteiger partial charge in [-0.15, -0.1) is 10.2 Å². The fourth-order valence-corrected chi connectivity index (χ4v) is 1.45. The average Bonchev–Trinajstić information content (AvgIpc) is 2.46. The topological polar surface area (TPSA) is 60.7 Å². The van der Waals surface area contributed by atoms with Gasteiger partial charge in [-0.3, -0.25) is 4.79 Å². The summed E-state index contributed by atoms with van der Waals surface area (Å²) in [6.07, 6.45) is 0.584. The molecule has 0 radical (unpaired) electrons. The first kappa shape index (κ1) is 10.8. The molecule has 0 amide bonds. The molecule has 0 aliphatic carbocycles. The minimum absolute atomic E-state index is 0.000741. The average molecular weight is 196 g/mol. The minimum atomic E-state index is -0.000741. The molecule has 5 heteroatoms. The maximum Gasteiger partial charge on any atom is 0.175 e. The summed E-state index contributed by atoms with van der Waals surface area (Å²) in [7, 11) is 1.72. The van der Waals surface area contributed by atoms with Gasteiger partial charge in [0.1, 0.15) is 5.78 Å². The van der Waals surface area contributed by atoms with Crippen molar-refractivity contribution in [2.24, 2.45) is 18.9 Å². The van der Waals surface area contributed by atoms with Gasteiger partial charge in [0.15, 0.2) is 5.82 Å². The maximum atomic E-state index is 11.3. The standard InChI is InChI=1S/C9H16N4O/c1-6(2)8(7(3)14)5-9-10-12-13(4)11-9/h6,8H,5H2,1-4H3. The number of carbonyl (C=O) groups is 1. The van der Waals surface area contributed by atoms with Crippen LogP contribution in [-0.4, -0.2) is 26.0 Å². The Bertz CT molecular complexity index is 318. The quantitative estimate of drug-likeness (QED) is 0.708. The van der Waals surface area contributed by atoms with E-state index in [1.807, 2.05) is 13.8 Å². The van der Waals surface area contributed by atoms with Crippen molar-refractivity contribution in [3.8, 4) is 0 Å². The van der Waals surface area contributed by atoms with Crippen molar-refractivity contribution in [2.45, 2.75) is 27.2 Å². The molecular formula is C9H16N4O. The Labute approximate surface area is 83.5 Å². The van der Waals surface area contributed by atoms with Crippen molar-refractivity contribution < 1.29 is 4.79 Å². The largest absolute Gasteiger partial charge is 0.300 e. The van der Waals surface area contributed by atoms with Gasteiger partial charge in [0, 0.05) is 12.3 Å². The van der Waals surface area contributed by atoms with Crippen LogP contribution in [0.15, 0.2) is 0 Å². The van der Waals surface area contributed by atoms with Crippen LogP contribution >= 0.6 is 0 Å². The van der Waals surface area contributed by atoms with Gasteiger partial charge in [0.25, 0.3) is 0 Å². The van der Waals surface area contributed by atoms with Crippen LogP contribution in [0.25, 0.3) is 0 Å². The van der Waals surface area contributed by atoms with Gasteiger partial charge < -0.3 is 0 Å². The summed E-state index contributed by atoms with van der Waals surface area (Å²) in [4.78, 5) is 12.7. The van der Waals surface area contributed by atoms with Gasteiger partial charge >= 0.3 is 0 Å². The summed E-state index contributed by atoms with van der Waals surface area (Å²) >= 11 is 0. The molecule has 0 saturated heterocycles. The minimum Gasteiger partial charge on any atom is -0.300 e. The highest BCUT2D eigenvalue weighted by molar-refractivity contribution is 5.78. The summed E-state index contributed by atoms with van der Waals surface area (Å²) in [5.74, 6) is 1.14. The third-order valence-corrected chi connectivity index (χ3v) is 2.28. The van der Waals surface area contributed by atoms with Crippen LogP contribution in [0.4, 0.5) is 0 Å². The van der Waals surface area contributed by atoms with Crippen LogP contribution in [0.3, 0.4) is 0 Å². The van der Waals surface area contributed by atoms with Gasteiger partial charge in [0.05, 0.1) is 7.05 Å². The first-order valence-electron chi connectivity index (χ1n) is 4.74. The molecule has 1 rings (SSSR count). The molecule has 0 aliphatic rings. The molecule has 1 atom stereocenters. The lowest BCUT2D eigenvalue weighted by molar-refractivity contribution is -0.122. The van der Waals surface area contributed by atoms with Crippen LogP contribution < -0.4 is 0 Å².